The molecule has 1 saturated heterocycles. The summed E-state index contributed by atoms with van der Waals surface area (Å²) in [5.74, 6) is 4.33. The van der Waals surface area contributed by atoms with E-state index in [9.17, 15) is 24.0 Å². The number of nitrogens with one attached hydrogen (secondary N) is 4. The molecule has 0 aromatic heterocycles. The molecule has 1 rings (SSSR count). The highest BCUT2D eigenvalue weighted by atomic mass is 32.2. The summed E-state index contributed by atoms with van der Waals surface area (Å²) in [6, 6.07) is -0.782. The summed E-state index contributed by atoms with van der Waals surface area (Å²) in [5, 5.41) is 20.4. The molecule has 0 radical (unpaired) electrons. The van der Waals surface area contributed by atoms with Crippen molar-refractivity contribution in [2.24, 2.45) is 11.6 Å². The first kappa shape index (κ1) is 41.8. The molecule has 9 N–H and O–H groups in total. The zero-order valence-corrected chi connectivity index (χ0v) is 28.2. The fraction of sp³-hybridized carbons (Fsp3) is 0.786. The highest BCUT2D eigenvalue weighted by Gasteiger charge is 2.38. The Hall–Kier alpha value is -2.24. The van der Waals surface area contributed by atoms with Crippen LogP contribution in [0.4, 0.5) is 0 Å². The number of imide groups is 1. The molecule has 0 spiro atoms. The largest absolute Gasteiger partial charge is 0.395 e. The average Bonchev–Trinajstić information content (AvgIpc) is 3.23. The molecule has 0 aromatic carbocycles. The highest BCUT2D eigenvalue weighted by molar-refractivity contribution is 8.00. The molecule has 0 bridgehead atoms. The first-order chi connectivity index (χ1) is 20.8. The quantitative estimate of drug-likeness (QED) is 0.0200. The fourth-order valence-corrected chi connectivity index (χ4v) is 5.47. The van der Waals surface area contributed by atoms with E-state index in [2.05, 4.69) is 16.1 Å². The minimum absolute atomic E-state index is 0.0266. The van der Waals surface area contributed by atoms with E-state index in [4.69, 9.17) is 26.8 Å². The van der Waals surface area contributed by atoms with Gasteiger partial charge in [-0.05, 0) is 71.3 Å². The number of aliphatic hydroxyl groups excluding tert-OH is 1. The van der Waals surface area contributed by atoms with Crippen LogP contribution in [0.2, 0.25) is 0 Å². The maximum absolute atomic E-state index is 12.5. The molecular weight excluding hydrogens is 610 g/mol. The number of hydrogen-bond donors (Lipinski definition) is 7. The lowest BCUT2D eigenvalue weighted by Crippen LogP contribution is -2.44. The zero-order valence-electron chi connectivity index (χ0n) is 26.6. The van der Waals surface area contributed by atoms with Crippen molar-refractivity contribution in [2.75, 3.05) is 44.2 Å². The van der Waals surface area contributed by atoms with Crippen LogP contribution >= 0.6 is 23.5 Å². The lowest BCUT2D eigenvalue weighted by atomic mass is 10.0. The Bertz CT molecular complexity index is 923. The number of ether oxygens (including phenoxy) is 1. The van der Waals surface area contributed by atoms with Gasteiger partial charge in [0.25, 0.3) is 0 Å². The molecule has 0 saturated carbocycles. The Labute approximate surface area is 269 Å². The Morgan fingerprint density at radius 1 is 1.14 bits per heavy atom. The lowest BCUT2D eigenvalue weighted by molar-refractivity contribution is -0.138. The van der Waals surface area contributed by atoms with Crippen molar-refractivity contribution in [2.45, 2.75) is 95.5 Å². The van der Waals surface area contributed by atoms with Crippen LogP contribution in [0.3, 0.4) is 0 Å². The summed E-state index contributed by atoms with van der Waals surface area (Å²) in [5.41, 5.74) is 7.87. The Kier molecular flexibility index (Phi) is 22.8. The summed E-state index contributed by atoms with van der Waals surface area (Å²) in [6.45, 7) is 6.57. The SMILES string of the molecule is CSCOC(C)(C)CCC(=O)NC(CCCCNC(=O)CCN1C(=O)CC(SCCCC(C)=N)C1=O)C(N)=O.NNCCO. The molecule has 1 heterocycles. The third-order valence-electron chi connectivity index (χ3n) is 6.48. The van der Waals surface area contributed by atoms with Gasteiger partial charge >= 0.3 is 0 Å². The summed E-state index contributed by atoms with van der Waals surface area (Å²) in [4.78, 5) is 62.2. The van der Waals surface area contributed by atoms with E-state index in [1.54, 1.807) is 18.7 Å². The van der Waals surface area contributed by atoms with Gasteiger partial charge in [-0.3, -0.25) is 40.1 Å². The second kappa shape index (κ2) is 24.1. The standard InChI is InChI=1S/C26H45N5O6S2.C2H8N2O/c1-18(27)8-7-15-39-20-16-23(34)31(25(20)36)14-11-21(32)29-13-6-5-9-19(24(28)35)30-22(33)10-12-26(2,3)37-17-38-4;3-4-1-2-5/h19-20,27H,5-17H2,1-4H3,(H2,28,35)(H,29,32)(H,30,33);4-5H,1-3H2. The molecule has 1 fully saturated rings. The van der Waals surface area contributed by atoms with Crippen LogP contribution in [0.1, 0.15) is 78.6 Å². The molecule has 2 unspecified atom stereocenters. The molecular formula is C28H53N7O7S2. The third-order valence-corrected chi connectivity index (χ3v) is 8.13. The molecule has 14 nitrogen and oxygen atoms in total. The van der Waals surface area contributed by atoms with Gasteiger partial charge in [-0.2, -0.15) is 0 Å². The number of hydrogen-bond acceptors (Lipinski definition) is 12. The topological polar surface area (TPSA) is 230 Å². The Morgan fingerprint density at radius 3 is 2.41 bits per heavy atom. The van der Waals surface area contributed by atoms with Crippen LogP contribution < -0.4 is 27.6 Å². The number of nitrogens with two attached hydrogens (primary N) is 2. The maximum Gasteiger partial charge on any atom is 0.242 e. The molecule has 1 aliphatic heterocycles. The number of carbonyl (C=O) groups excluding carboxylic acids is 5. The number of unbranched alkanes of at least 4 members (excludes halogenated alkanes) is 1. The Balaban J connectivity index is 0.00000340. The van der Waals surface area contributed by atoms with E-state index in [0.717, 1.165) is 11.3 Å². The second-order valence-electron chi connectivity index (χ2n) is 10.9. The van der Waals surface area contributed by atoms with Crippen LogP contribution in [0.25, 0.3) is 0 Å². The minimum Gasteiger partial charge on any atom is -0.395 e. The van der Waals surface area contributed by atoms with Gasteiger partial charge in [0.05, 0.1) is 23.4 Å². The third kappa shape index (κ3) is 19.9. The van der Waals surface area contributed by atoms with Gasteiger partial charge in [0.2, 0.25) is 29.5 Å². The fourth-order valence-electron chi connectivity index (χ4n) is 3.91. The minimum atomic E-state index is -0.782. The van der Waals surface area contributed by atoms with Crippen molar-refractivity contribution in [3.8, 4) is 0 Å². The van der Waals surface area contributed by atoms with Crippen LogP contribution in [0.15, 0.2) is 0 Å². The van der Waals surface area contributed by atoms with Gasteiger partial charge in [-0.15, -0.1) is 23.5 Å². The second-order valence-corrected chi connectivity index (χ2v) is 13.1. The van der Waals surface area contributed by atoms with E-state index in [-0.39, 0.29) is 56.0 Å². The van der Waals surface area contributed by atoms with Crippen molar-refractivity contribution in [3.63, 3.8) is 0 Å². The number of carbonyl (C=O) groups is 5. The van der Waals surface area contributed by atoms with Crippen molar-refractivity contribution in [1.29, 1.82) is 5.41 Å². The molecule has 16 heteroatoms. The van der Waals surface area contributed by atoms with Gasteiger partial charge in [-0.1, -0.05) is 0 Å². The van der Waals surface area contributed by atoms with E-state index < -0.39 is 22.8 Å². The zero-order chi connectivity index (χ0) is 33.5. The molecule has 0 aliphatic carbocycles. The van der Waals surface area contributed by atoms with Gasteiger partial charge < -0.3 is 31.6 Å². The van der Waals surface area contributed by atoms with Gasteiger partial charge in [0.15, 0.2) is 0 Å². The van der Waals surface area contributed by atoms with E-state index in [0.29, 0.717) is 62.6 Å². The molecule has 5 amide bonds. The van der Waals surface area contributed by atoms with Crippen LogP contribution in [-0.2, 0) is 28.7 Å². The molecule has 2 atom stereocenters. The number of rotatable bonds is 23. The lowest BCUT2D eigenvalue weighted by Gasteiger charge is -2.25. The predicted octanol–water partition coefficient (Wildman–Crippen LogP) is 0.652. The number of amides is 5. The maximum atomic E-state index is 12.5. The monoisotopic (exact) mass is 663 g/mol. The predicted molar refractivity (Wildman–Crippen MR) is 175 cm³/mol. The summed E-state index contributed by atoms with van der Waals surface area (Å²) < 4.78 is 5.69. The normalized spacial score (nSPS) is 15.4. The first-order valence-electron chi connectivity index (χ1n) is 14.8. The number of primary amides is 1. The molecule has 1 aliphatic rings. The van der Waals surface area contributed by atoms with Crippen molar-refractivity contribution < 1.29 is 33.8 Å². The van der Waals surface area contributed by atoms with E-state index in [1.807, 2.05) is 20.1 Å². The van der Waals surface area contributed by atoms with Gasteiger partial charge in [-0.25, -0.2) is 0 Å². The number of aliphatic hydroxyl groups is 1. The summed E-state index contributed by atoms with van der Waals surface area (Å²) in [7, 11) is 0. The number of hydrazine groups is 1. The summed E-state index contributed by atoms with van der Waals surface area (Å²) >= 11 is 2.99. The first-order valence-corrected chi connectivity index (χ1v) is 17.2. The highest BCUT2D eigenvalue weighted by Crippen LogP contribution is 2.26. The van der Waals surface area contributed by atoms with Crippen LogP contribution in [0.5, 0.6) is 0 Å². The van der Waals surface area contributed by atoms with Gasteiger partial charge in [0, 0.05) is 44.6 Å². The smallest absolute Gasteiger partial charge is 0.242 e. The summed E-state index contributed by atoms with van der Waals surface area (Å²) in [6.07, 6.45) is 5.81. The Morgan fingerprint density at radius 2 is 1.84 bits per heavy atom. The average molecular weight is 664 g/mol. The van der Waals surface area contributed by atoms with Crippen LogP contribution in [0, 0.1) is 5.41 Å². The van der Waals surface area contributed by atoms with Crippen molar-refractivity contribution >= 4 is 58.8 Å². The van der Waals surface area contributed by atoms with Crippen LogP contribution in [-0.4, -0.2) is 106 Å². The molecule has 44 heavy (non-hydrogen) atoms. The van der Waals surface area contributed by atoms with Crippen molar-refractivity contribution in [1.82, 2.24) is 21.0 Å². The molecule has 254 valence electrons. The van der Waals surface area contributed by atoms with Crippen molar-refractivity contribution in [3.05, 3.63) is 0 Å². The number of thioether (sulfide) groups is 2. The van der Waals surface area contributed by atoms with E-state index >= 15 is 0 Å². The van der Waals surface area contributed by atoms with E-state index in [1.165, 1.54) is 11.8 Å². The number of likely N-dealkylation sites (tertiary alicyclic amines) is 1. The number of nitrogens with zero attached hydrogens (tertiary/aromatic N) is 1. The molecule has 0 aromatic rings. The van der Waals surface area contributed by atoms with Gasteiger partial charge in [0.1, 0.15) is 6.04 Å².